The van der Waals surface area contributed by atoms with E-state index in [0.29, 0.717) is 12.4 Å². The van der Waals surface area contributed by atoms with Crippen molar-refractivity contribution in [2.45, 2.75) is 26.9 Å². The highest BCUT2D eigenvalue weighted by Gasteiger charge is 2.17. The van der Waals surface area contributed by atoms with Crippen LogP contribution in [0.3, 0.4) is 0 Å². The van der Waals surface area contributed by atoms with Crippen LogP contribution in [0.1, 0.15) is 23.7 Å². The zero-order valence-corrected chi connectivity index (χ0v) is 12.3. The summed E-state index contributed by atoms with van der Waals surface area (Å²) in [5.74, 6) is 1.20. The number of aromatic amines is 2. The maximum atomic E-state index is 11.7. The molecule has 3 rings (SSSR count). The average molecular weight is 300 g/mol. The van der Waals surface area contributed by atoms with Gasteiger partial charge in [-0.05, 0) is 35.4 Å². The zero-order chi connectivity index (χ0) is 15.5. The van der Waals surface area contributed by atoms with Gasteiger partial charge in [0.05, 0.1) is 5.56 Å². The van der Waals surface area contributed by atoms with E-state index in [-0.39, 0.29) is 0 Å². The van der Waals surface area contributed by atoms with Crippen molar-refractivity contribution < 1.29 is 4.74 Å². The number of aryl methyl sites for hydroxylation is 2. The van der Waals surface area contributed by atoms with Crippen LogP contribution in [0.5, 0.6) is 5.75 Å². The highest BCUT2D eigenvalue weighted by Crippen LogP contribution is 2.21. The molecule has 1 aromatic carbocycles. The first-order chi connectivity index (χ1) is 10.7. The van der Waals surface area contributed by atoms with Gasteiger partial charge in [-0.3, -0.25) is 5.10 Å². The van der Waals surface area contributed by atoms with E-state index in [1.165, 1.54) is 0 Å². The Labute approximate surface area is 126 Å². The summed E-state index contributed by atoms with van der Waals surface area (Å²) in [5, 5.41) is 16.6. The molecule has 0 unspecified atom stereocenters. The van der Waals surface area contributed by atoms with Crippen molar-refractivity contribution in [2.75, 3.05) is 0 Å². The summed E-state index contributed by atoms with van der Waals surface area (Å²) in [5.41, 5.74) is 2.30. The summed E-state index contributed by atoms with van der Waals surface area (Å²) in [6.07, 6.45) is 0.742. The summed E-state index contributed by atoms with van der Waals surface area (Å²) in [4.78, 5) is 11.7. The number of hydrogen-bond donors (Lipinski definition) is 2. The third-order valence-corrected chi connectivity index (χ3v) is 3.42. The van der Waals surface area contributed by atoms with Gasteiger partial charge in [0.2, 0.25) is 0 Å². The molecule has 0 saturated carbocycles. The molecule has 0 aliphatic carbocycles. The number of H-pyrrole nitrogens is 2. The van der Waals surface area contributed by atoms with Crippen LogP contribution in [0.2, 0.25) is 0 Å². The molecule has 2 N–H and O–H groups in total. The Morgan fingerprint density at radius 1 is 1.27 bits per heavy atom. The predicted molar refractivity (Wildman–Crippen MR) is 79.0 cm³/mol. The van der Waals surface area contributed by atoms with Crippen molar-refractivity contribution in [2.24, 2.45) is 0 Å². The van der Waals surface area contributed by atoms with Gasteiger partial charge in [-0.25, -0.2) is 9.89 Å². The molecular weight excluding hydrogens is 284 g/mol. The second kappa shape index (κ2) is 5.84. The number of benzene rings is 1. The van der Waals surface area contributed by atoms with E-state index in [9.17, 15) is 4.79 Å². The number of hydrogen-bond acceptors (Lipinski definition) is 5. The first-order valence-electron chi connectivity index (χ1n) is 6.96. The standard InChI is InChI=1S/C14H16N6O2/c1-3-11-10(8-22-12-7-5-4-6-9(12)2)13(16-15-11)20-14(21)17-18-19-20/h4-7H,3,8H2,1-2H3,(H,15,16)(H,17,19,21). The molecule has 2 heterocycles. The fourth-order valence-corrected chi connectivity index (χ4v) is 2.21. The molecule has 0 radical (unpaired) electrons. The third-order valence-electron chi connectivity index (χ3n) is 3.42. The molecular formula is C14H16N6O2. The number of rotatable bonds is 5. The fourth-order valence-electron chi connectivity index (χ4n) is 2.21. The molecule has 2 aromatic heterocycles. The number of nitrogens with one attached hydrogen (secondary N) is 2. The second-order valence-corrected chi connectivity index (χ2v) is 4.83. The van der Waals surface area contributed by atoms with Crippen LogP contribution >= 0.6 is 0 Å². The largest absolute Gasteiger partial charge is 0.488 e. The number of tetrazole rings is 1. The predicted octanol–water partition coefficient (Wildman–Crippen LogP) is 1.13. The van der Waals surface area contributed by atoms with Crippen LogP contribution in [0, 0.1) is 6.92 Å². The molecule has 0 saturated heterocycles. The topological polar surface area (TPSA) is 101 Å². The van der Waals surface area contributed by atoms with Crippen molar-refractivity contribution in [3.63, 3.8) is 0 Å². The molecule has 0 aliphatic heterocycles. The lowest BCUT2D eigenvalue weighted by Crippen LogP contribution is -2.18. The minimum absolute atomic E-state index is 0.291. The van der Waals surface area contributed by atoms with Gasteiger partial charge in [-0.15, -0.1) is 4.68 Å². The lowest BCUT2D eigenvalue weighted by molar-refractivity contribution is 0.302. The van der Waals surface area contributed by atoms with Crippen LogP contribution in [0.25, 0.3) is 5.82 Å². The Morgan fingerprint density at radius 2 is 2.09 bits per heavy atom. The summed E-state index contributed by atoms with van der Waals surface area (Å²) in [6.45, 7) is 4.27. The van der Waals surface area contributed by atoms with Crippen molar-refractivity contribution >= 4 is 0 Å². The van der Waals surface area contributed by atoms with E-state index < -0.39 is 5.69 Å². The summed E-state index contributed by atoms with van der Waals surface area (Å²) in [7, 11) is 0. The van der Waals surface area contributed by atoms with Crippen molar-refractivity contribution in [1.82, 2.24) is 30.4 Å². The molecule has 0 atom stereocenters. The molecule has 0 bridgehead atoms. The van der Waals surface area contributed by atoms with Crippen LogP contribution < -0.4 is 10.4 Å². The Balaban J connectivity index is 1.93. The molecule has 3 aromatic rings. The average Bonchev–Trinajstić information content (AvgIpc) is 3.11. The quantitative estimate of drug-likeness (QED) is 0.735. The van der Waals surface area contributed by atoms with Gasteiger partial charge in [0.1, 0.15) is 12.4 Å². The van der Waals surface area contributed by atoms with Crippen molar-refractivity contribution in [3.05, 3.63) is 51.6 Å². The van der Waals surface area contributed by atoms with Gasteiger partial charge in [0, 0.05) is 5.69 Å². The van der Waals surface area contributed by atoms with Gasteiger partial charge >= 0.3 is 5.69 Å². The fraction of sp³-hybridized carbons (Fsp3) is 0.286. The first kappa shape index (κ1) is 14.1. The summed E-state index contributed by atoms with van der Waals surface area (Å²) < 4.78 is 6.99. The van der Waals surface area contributed by atoms with Gasteiger partial charge in [-0.2, -0.15) is 5.10 Å². The van der Waals surface area contributed by atoms with Crippen LogP contribution in [-0.4, -0.2) is 30.4 Å². The molecule has 8 heteroatoms. The van der Waals surface area contributed by atoms with Crippen LogP contribution in [0.4, 0.5) is 0 Å². The zero-order valence-electron chi connectivity index (χ0n) is 12.3. The molecule has 0 fully saturated rings. The number of ether oxygens (including phenoxy) is 1. The third kappa shape index (κ3) is 2.50. The normalized spacial score (nSPS) is 10.8. The van der Waals surface area contributed by atoms with E-state index in [4.69, 9.17) is 4.74 Å². The minimum Gasteiger partial charge on any atom is -0.488 e. The number of para-hydroxylation sites is 1. The van der Waals surface area contributed by atoms with E-state index in [0.717, 1.165) is 33.7 Å². The maximum absolute atomic E-state index is 11.7. The molecule has 8 nitrogen and oxygen atoms in total. The van der Waals surface area contributed by atoms with E-state index in [1.807, 2.05) is 38.1 Å². The molecule has 114 valence electrons. The summed E-state index contributed by atoms with van der Waals surface area (Å²) >= 11 is 0. The Bertz CT molecular complexity index is 832. The lowest BCUT2D eigenvalue weighted by Gasteiger charge is -2.09. The molecule has 0 spiro atoms. The SMILES string of the molecule is CCc1[nH]nc(-n2nn[nH]c2=O)c1COc1ccccc1C. The smallest absolute Gasteiger partial charge is 0.367 e. The van der Waals surface area contributed by atoms with Crippen molar-refractivity contribution in [3.8, 4) is 11.6 Å². The number of aromatic nitrogens is 6. The van der Waals surface area contributed by atoms with Gasteiger partial charge in [0.15, 0.2) is 5.82 Å². The second-order valence-electron chi connectivity index (χ2n) is 4.83. The van der Waals surface area contributed by atoms with E-state index in [1.54, 1.807) is 0 Å². The van der Waals surface area contributed by atoms with Gasteiger partial charge in [-0.1, -0.05) is 25.1 Å². The highest BCUT2D eigenvalue weighted by atomic mass is 16.5. The molecule has 0 aliphatic rings. The van der Waals surface area contributed by atoms with Crippen LogP contribution in [-0.2, 0) is 13.0 Å². The highest BCUT2D eigenvalue weighted by molar-refractivity contribution is 5.37. The number of nitrogens with zero attached hydrogens (tertiary/aromatic N) is 4. The van der Waals surface area contributed by atoms with E-state index in [2.05, 4.69) is 25.7 Å². The van der Waals surface area contributed by atoms with Crippen molar-refractivity contribution in [1.29, 1.82) is 0 Å². The minimum atomic E-state index is -0.439. The van der Waals surface area contributed by atoms with E-state index >= 15 is 0 Å². The van der Waals surface area contributed by atoms with Crippen LogP contribution in [0.15, 0.2) is 29.1 Å². The van der Waals surface area contributed by atoms with Gasteiger partial charge in [0.25, 0.3) is 0 Å². The maximum Gasteiger partial charge on any atom is 0.367 e. The Morgan fingerprint density at radius 3 is 2.77 bits per heavy atom. The monoisotopic (exact) mass is 300 g/mol. The Hall–Kier alpha value is -2.90. The first-order valence-corrected chi connectivity index (χ1v) is 6.96. The Kier molecular flexibility index (Phi) is 3.73. The molecule has 0 amide bonds. The van der Waals surface area contributed by atoms with Gasteiger partial charge < -0.3 is 4.74 Å². The lowest BCUT2D eigenvalue weighted by atomic mass is 10.2. The summed E-state index contributed by atoms with van der Waals surface area (Å²) in [6, 6.07) is 7.76. The molecule has 22 heavy (non-hydrogen) atoms.